The molecular weight excluding hydrogens is 240 g/mol. The van der Waals surface area contributed by atoms with Crippen molar-refractivity contribution in [1.29, 1.82) is 0 Å². The number of hydrogen-bond acceptors (Lipinski definition) is 3. The highest BCUT2D eigenvalue weighted by Gasteiger charge is 2.19. The van der Waals surface area contributed by atoms with Crippen LogP contribution in [0.15, 0.2) is 12.1 Å². The second-order valence-electron chi connectivity index (χ2n) is 4.35. The lowest BCUT2D eigenvalue weighted by Crippen LogP contribution is -2.40. The Labute approximate surface area is 106 Å². The van der Waals surface area contributed by atoms with Crippen LogP contribution in [0.5, 0.6) is 0 Å². The number of pyridine rings is 1. The Bertz CT molecular complexity index is 399. The molecule has 1 heterocycles. The van der Waals surface area contributed by atoms with Crippen molar-refractivity contribution in [3.8, 4) is 0 Å². The predicted octanol–water partition coefficient (Wildman–Crippen LogP) is 1.93. The predicted molar refractivity (Wildman–Crippen MR) is 67.2 cm³/mol. The Morgan fingerprint density at radius 1 is 1.59 bits per heavy atom. The van der Waals surface area contributed by atoms with Crippen LogP contribution >= 0.6 is 11.6 Å². The van der Waals surface area contributed by atoms with Gasteiger partial charge in [0.1, 0.15) is 5.15 Å². The van der Waals surface area contributed by atoms with Crippen molar-refractivity contribution in [2.45, 2.75) is 32.8 Å². The number of nitrogens with one attached hydrogen (secondary N) is 1. The topological polar surface area (TPSA) is 62.2 Å². The van der Waals surface area contributed by atoms with Crippen molar-refractivity contribution < 1.29 is 9.90 Å². The molecule has 17 heavy (non-hydrogen) atoms. The van der Waals surface area contributed by atoms with Gasteiger partial charge in [0.05, 0.1) is 5.60 Å². The van der Waals surface area contributed by atoms with Gasteiger partial charge in [-0.05, 0) is 32.4 Å². The van der Waals surface area contributed by atoms with Gasteiger partial charge < -0.3 is 10.4 Å². The standard InChI is InChI=1S/C12H17ClN2O2/c1-4-12(3,17)7-14-11(16)9-5-8(2)15-10(13)6-9/h5-6,17H,4,7H2,1-3H3,(H,14,16). The van der Waals surface area contributed by atoms with Crippen molar-refractivity contribution in [1.82, 2.24) is 10.3 Å². The molecule has 0 saturated carbocycles. The molecule has 5 heteroatoms. The number of carbonyl (C=O) groups is 1. The maximum absolute atomic E-state index is 11.8. The van der Waals surface area contributed by atoms with Crippen LogP contribution < -0.4 is 5.32 Å². The van der Waals surface area contributed by atoms with E-state index in [2.05, 4.69) is 10.3 Å². The van der Waals surface area contributed by atoms with Gasteiger partial charge in [0, 0.05) is 17.8 Å². The minimum Gasteiger partial charge on any atom is -0.388 e. The molecular formula is C12H17ClN2O2. The zero-order valence-electron chi connectivity index (χ0n) is 10.2. The van der Waals surface area contributed by atoms with Gasteiger partial charge in [0.15, 0.2) is 0 Å². The van der Waals surface area contributed by atoms with Gasteiger partial charge in [-0.15, -0.1) is 0 Å². The Morgan fingerprint density at radius 3 is 2.76 bits per heavy atom. The minimum atomic E-state index is -0.887. The van der Waals surface area contributed by atoms with Gasteiger partial charge in [-0.3, -0.25) is 4.79 Å². The lowest BCUT2D eigenvalue weighted by molar-refractivity contribution is 0.0518. The fraction of sp³-hybridized carbons (Fsp3) is 0.500. The molecule has 1 atom stereocenters. The van der Waals surface area contributed by atoms with E-state index in [1.165, 1.54) is 6.07 Å². The molecule has 0 aliphatic rings. The number of aromatic nitrogens is 1. The molecule has 94 valence electrons. The highest BCUT2D eigenvalue weighted by molar-refractivity contribution is 6.29. The summed E-state index contributed by atoms with van der Waals surface area (Å²) in [6.07, 6.45) is 0.573. The Hall–Kier alpha value is -1.13. The maximum atomic E-state index is 11.8. The summed E-state index contributed by atoms with van der Waals surface area (Å²) in [5.74, 6) is -0.258. The molecule has 0 radical (unpaired) electrons. The summed E-state index contributed by atoms with van der Waals surface area (Å²) in [7, 11) is 0. The van der Waals surface area contributed by atoms with E-state index >= 15 is 0 Å². The number of rotatable bonds is 4. The Balaban J connectivity index is 2.70. The van der Waals surface area contributed by atoms with Crippen molar-refractivity contribution in [3.63, 3.8) is 0 Å². The van der Waals surface area contributed by atoms with E-state index in [0.717, 1.165) is 0 Å². The average Bonchev–Trinajstić information content (AvgIpc) is 2.24. The number of hydrogen-bond donors (Lipinski definition) is 2. The van der Waals surface area contributed by atoms with Gasteiger partial charge in [0.25, 0.3) is 5.91 Å². The van der Waals surface area contributed by atoms with Crippen molar-refractivity contribution in [2.24, 2.45) is 0 Å². The number of aryl methyl sites for hydroxylation is 1. The van der Waals surface area contributed by atoms with E-state index in [0.29, 0.717) is 17.7 Å². The number of carbonyl (C=O) groups excluding carboxylic acids is 1. The Kier molecular flexibility index (Phi) is 4.48. The summed E-state index contributed by atoms with van der Waals surface area (Å²) in [6.45, 7) is 5.52. The normalized spacial score (nSPS) is 14.2. The zero-order chi connectivity index (χ0) is 13.1. The number of halogens is 1. The average molecular weight is 257 g/mol. The molecule has 0 aromatic carbocycles. The molecule has 1 aromatic heterocycles. The number of amides is 1. The summed E-state index contributed by atoms with van der Waals surface area (Å²) in [6, 6.07) is 3.16. The van der Waals surface area contributed by atoms with Crippen LogP contribution in [0.25, 0.3) is 0 Å². The second kappa shape index (κ2) is 5.47. The van der Waals surface area contributed by atoms with Crippen LogP contribution in [0.2, 0.25) is 5.15 Å². The number of nitrogens with zero attached hydrogens (tertiary/aromatic N) is 1. The van der Waals surface area contributed by atoms with E-state index in [1.807, 2.05) is 6.92 Å². The number of aliphatic hydroxyl groups is 1. The lowest BCUT2D eigenvalue weighted by Gasteiger charge is -2.21. The maximum Gasteiger partial charge on any atom is 0.251 e. The van der Waals surface area contributed by atoms with E-state index < -0.39 is 5.60 Å². The Morgan fingerprint density at radius 2 is 2.24 bits per heavy atom. The lowest BCUT2D eigenvalue weighted by atomic mass is 10.0. The molecule has 1 rings (SSSR count). The van der Waals surface area contributed by atoms with Gasteiger partial charge in [-0.1, -0.05) is 18.5 Å². The molecule has 4 nitrogen and oxygen atoms in total. The highest BCUT2D eigenvalue weighted by atomic mass is 35.5. The quantitative estimate of drug-likeness (QED) is 0.810. The monoisotopic (exact) mass is 256 g/mol. The summed E-state index contributed by atoms with van der Waals surface area (Å²) in [4.78, 5) is 15.8. The van der Waals surface area contributed by atoms with Gasteiger partial charge >= 0.3 is 0 Å². The van der Waals surface area contributed by atoms with Crippen LogP contribution in [0, 0.1) is 6.92 Å². The smallest absolute Gasteiger partial charge is 0.251 e. The molecule has 0 saturated heterocycles. The van der Waals surface area contributed by atoms with E-state index in [4.69, 9.17) is 11.6 Å². The summed E-state index contributed by atoms with van der Waals surface area (Å²) < 4.78 is 0. The highest BCUT2D eigenvalue weighted by Crippen LogP contribution is 2.11. The van der Waals surface area contributed by atoms with Crippen LogP contribution in [-0.2, 0) is 0 Å². The molecule has 1 unspecified atom stereocenters. The van der Waals surface area contributed by atoms with E-state index in [-0.39, 0.29) is 17.6 Å². The van der Waals surface area contributed by atoms with Crippen LogP contribution in [0.3, 0.4) is 0 Å². The second-order valence-corrected chi connectivity index (χ2v) is 4.74. The largest absolute Gasteiger partial charge is 0.388 e. The molecule has 0 spiro atoms. The first kappa shape index (κ1) is 13.9. The molecule has 0 fully saturated rings. The fourth-order valence-electron chi connectivity index (χ4n) is 1.26. The third-order valence-corrected chi connectivity index (χ3v) is 2.77. The van der Waals surface area contributed by atoms with E-state index in [1.54, 1.807) is 19.9 Å². The van der Waals surface area contributed by atoms with Crippen molar-refractivity contribution in [3.05, 3.63) is 28.5 Å². The van der Waals surface area contributed by atoms with Crippen LogP contribution in [0.4, 0.5) is 0 Å². The molecule has 1 aromatic rings. The molecule has 0 aliphatic heterocycles. The first-order chi connectivity index (χ1) is 7.84. The van der Waals surface area contributed by atoms with Crippen molar-refractivity contribution in [2.75, 3.05) is 6.54 Å². The third kappa shape index (κ3) is 4.32. The molecule has 1 amide bonds. The minimum absolute atomic E-state index is 0.210. The van der Waals surface area contributed by atoms with Gasteiger partial charge in [0.2, 0.25) is 0 Å². The molecule has 2 N–H and O–H groups in total. The third-order valence-electron chi connectivity index (χ3n) is 2.58. The van der Waals surface area contributed by atoms with E-state index in [9.17, 15) is 9.90 Å². The fourth-order valence-corrected chi connectivity index (χ4v) is 1.51. The summed E-state index contributed by atoms with van der Waals surface area (Å²) >= 11 is 5.77. The van der Waals surface area contributed by atoms with Gasteiger partial charge in [-0.2, -0.15) is 0 Å². The van der Waals surface area contributed by atoms with Gasteiger partial charge in [-0.25, -0.2) is 4.98 Å². The zero-order valence-corrected chi connectivity index (χ0v) is 11.0. The summed E-state index contributed by atoms with van der Waals surface area (Å²) in [5.41, 5.74) is 0.251. The SMILES string of the molecule is CCC(C)(O)CNC(=O)c1cc(C)nc(Cl)c1. The molecule has 0 bridgehead atoms. The van der Waals surface area contributed by atoms with Crippen LogP contribution in [0.1, 0.15) is 36.3 Å². The first-order valence-corrected chi connectivity index (χ1v) is 5.86. The molecule has 0 aliphatic carbocycles. The first-order valence-electron chi connectivity index (χ1n) is 5.49. The van der Waals surface area contributed by atoms with Crippen molar-refractivity contribution >= 4 is 17.5 Å². The summed E-state index contributed by atoms with van der Waals surface area (Å²) in [5, 5.41) is 12.7. The van der Waals surface area contributed by atoms with Crippen LogP contribution in [-0.4, -0.2) is 28.1 Å².